The normalized spacial score (nSPS) is 11.8. The van der Waals surface area contributed by atoms with Crippen molar-refractivity contribution < 1.29 is 43.8 Å². The van der Waals surface area contributed by atoms with Gasteiger partial charge in [-0.2, -0.15) is 0 Å². The van der Waals surface area contributed by atoms with E-state index in [1.165, 1.54) is 33.5 Å². The van der Waals surface area contributed by atoms with E-state index in [4.69, 9.17) is 18.6 Å². The molecule has 1 aromatic heterocycles. The van der Waals surface area contributed by atoms with Crippen molar-refractivity contribution in [2.24, 2.45) is 0 Å². The van der Waals surface area contributed by atoms with E-state index >= 15 is 0 Å². The Morgan fingerprint density at radius 1 is 0.865 bits per heavy atom. The van der Waals surface area contributed by atoms with Gasteiger partial charge in [0.2, 0.25) is 11.5 Å². The van der Waals surface area contributed by atoms with E-state index in [1.54, 1.807) is 30.3 Å². The molecule has 0 aliphatic heterocycles. The van der Waals surface area contributed by atoms with Crippen LogP contribution in [0.5, 0.6) is 34.5 Å². The molecule has 0 bridgehead atoms. The molecule has 0 spiro atoms. The van der Waals surface area contributed by atoms with Gasteiger partial charge in [-0.15, -0.1) is 0 Å². The number of carbonyl (C=O) groups is 1. The largest absolute Gasteiger partial charge is 0.504 e. The lowest BCUT2D eigenvalue weighted by Crippen LogP contribution is -2.13. The lowest BCUT2D eigenvalue weighted by molar-refractivity contribution is -0.140. The lowest BCUT2D eigenvalue weighted by atomic mass is 9.85. The predicted molar refractivity (Wildman–Crippen MR) is 133 cm³/mol. The van der Waals surface area contributed by atoms with E-state index in [1.807, 2.05) is 0 Å². The maximum atomic E-state index is 13.1. The van der Waals surface area contributed by atoms with Crippen LogP contribution in [0.4, 0.5) is 0 Å². The Morgan fingerprint density at radius 3 is 2.05 bits per heavy atom. The second-order valence-corrected chi connectivity index (χ2v) is 8.11. The molecule has 4 N–H and O–H groups in total. The van der Waals surface area contributed by atoms with Crippen molar-refractivity contribution in [2.75, 3.05) is 21.3 Å². The molecule has 4 rings (SSSR count). The van der Waals surface area contributed by atoms with Crippen molar-refractivity contribution in [1.82, 2.24) is 0 Å². The average Bonchev–Trinajstić information content (AvgIpc) is 2.91. The van der Waals surface area contributed by atoms with E-state index < -0.39 is 40.0 Å². The van der Waals surface area contributed by atoms with Crippen LogP contribution in [0.3, 0.4) is 0 Å². The van der Waals surface area contributed by atoms with Crippen LogP contribution in [-0.4, -0.2) is 47.7 Å². The van der Waals surface area contributed by atoms with Crippen molar-refractivity contribution in [3.8, 4) is 45.8 Å². The topological polar surface area (TPSA) is 156 Å². The SMILES string of the molecule is COC(=O)C[C@H](c1cc(OC)c(O)c(OC)c1)c1c(O)c(O)c(O)c2c(=O)cc(-c3ccccc3)oc12. The minimum Gasteiger partial charge on any atom is -0.504 e. The molecule has 0 aliphatic rings. The molecule has 0 fully saturated rings. The fourth-order valence-electron chi connectivity index (χ4n) is 4.19. The number of carbonyl (C=O) groups excluding carboxylic acids is 1. The minimum absolute atomic E-state index is 0.00226. The van der Waals surface area contributed by atoms with E-state index in [0.29, 0.717) is 5.56 Å². The molecule has 0 aliphatic carbocycles. The summed E-state index contributed by atoms with van der Waals surface area (Å²) in [7, 11) is 3.81. The summed E-state index contributed by atoms with van der Waals surface area (Å²) in [5.74, 6) is -4.62. The highest BCUT2D eigenvalue weighted by Crippen LogP contribution is 2.51. The number of phenolic OH excluding ortho intramolecular Hbond substituents is 4. The number of methoxy groups -OCH3 is 3. The third-order valence-electron chi connectivity index (χ3n) is 6.04. The lowest BCUT2D eigenvalue weighted by Gasteiger charge is -2.22. The van der Waals surface area contributed by atoms with E-state index in [-0.39, 0.29) is 46.1 Å². The van der Waals surface area contributed by atoms with Gasteiger partial charge in [0, 0.05) is 23.1 Å². The van der Waals surface area contributed by atoms with Crippen LogP contribution >= 0.6 is 0 Å². The first kappa shape index (κ1) is 25.2. The molecule has 192 valence electrons. The zero-order valence-corrected chi connectivity index (χ0v) is 20.1. The summed E-state index contributed by atoms with van der Waals surface area (Å²) in [4.78, 5) is 25.6. The summed E-state index contributed by atoms with van der Waals surface area (Å²) in [5, 5.41) is 42.1. The summed E-state index contributed by atoms with van der Waals surface area (Å²) < 4.78 is 21.3. The first-order valence-corrected chi connectivity index (χ1v) is 11.0. The number of rotatable bonds is 7. The third kappa shape index (κ3) is 4.44. The molecule has 0 radical (unpaired) electrons. The zero-order chi connectivity index (χ0) is 26.9. The van der Waals surface area contributed by atoms with Gasteiger partial charge in [-0.25, -0.2) is 0 Å². The summed E-state index contributed by atoms with van der Waals surface area (Å²) in [5.41, 5.74) is -0.283. The third-order valence-corrected chi connectivity index (χ3v) is 6.04. The van der Waals surface area contributed by atoms with Gasteiger partial charge >= 0.3 is 5.97 Å². The van der Waals surface area contributed by atoms with E-state index in [0.717, 1.165) is 6.07 Å². The van der Waals surface area contributed by atoms with Gasteiger partial charge in [0.1, 0.15) is 16.7 Å². The number of esters is 1. The van der Waals surface area contributed by atoms with Crippen LogP contribution in [0.1, 0.15) is 23.5 Å². The van der Waals surface area contributed by atoms with Gasteiger partial charge in [-0.1, -0.05) is 30.3 Å². The number of hydrogen-bond donors (Lipinski definition) is 4. The molecular formula is C27H24O10. The monoisotopic (exact) mass is 508 g/mol. The van der Waals surface area contributed by atoms with Crippen molar-refractivity contribution in [1.29, 1.82) is 0 Å². The molecule has 3 aromatic carbocycles. The molecule has 37 heavy (non-hydrogen) atoms. The first-order valence-electron chi connectivity index (χ1n) is 11.0. The number of fused-ring (bicyclic) bond motifs is 1. The summed E-state index contributed by atoms with van der Waals surface area (Å²) in [6, 6.07) is 12.6. The Balaban J connectivity index is 2.12. The van der Waals surface area contributed by atoms with Crippen LogP contribution in [0.25, 0.3) is 22.3 Å². The van der Waals surface area contributed by atoms with Crippen molar-refractivity contribution in [3.63, 3.8) is 0 Å². The van der Waals surface area contributed by atoms with Crippen molar-refractivity contribution in [2.45, 2.75) is 12.3 Å². The second kappa shape index (κ2) is 10.0. The molecule has 4 aromatic rings. The Bertz CT molecular complexity index is 1510. The Kier molecular flexibility index (Phi) is 6.83. The maximum absolute atomic E-state index is 13.1. The second-order valence-electron chi connectivity index (χ2n) is 8.11. The minimum atomic E-state index is -1.11. The molecule has 0 saturated carbocycles. The van der Waals surface area contributed by atoms with Crippen LogP contribution < -0.4 is 14.9 Å². The zero-order valence-electron chi connectivity index (χ0n) is 20.1. The molecule has 0 saturated heterocycles. The maximum Gasteiger partial charge on any atom is 0.306 e. The van der Waals surface area contributed by atoms with Gasteiger partial charge in [-0.3, -0.25) is 9.59 Å². The molecular weight excluding hydrogens is 484 g/mol. The molecule has 0 unspecified atom stereocenters. The fourth-order valence-corrected chi connectivity index (χ4v) is 4.19. The van der Waals surface area contributed by atoms with Crippen LogP contribution in [0, 0.1) is 0 Å². The molecule has 1 heterocycles. The Morgan fingerprint density at radius 2 is 1.49 bits per heavy atom. The molecule has 10 nitrogen and oxygen atoms in total. The molecule has 10 heteroatoms. The standard InChI is InChI=1S/C27H24O10/c1-34-18-9-14(10-19(35-2)23(18)30)15(11-20(29)36-3)21-24(31)26(33)25(32)22-16(28)12-17(37-27(21)22)13-7-5-4-6-8-13/h4-10,12,15,30-33H,11H2,1-3H3/t15-/m1/s1. The number of aromatic hydroxyl groups is 4. The Hall–Kier alpha value is -4.86. The smallest absolute Gasteiger partial charge is 0.306 e. The highest BCUT2D eigenvalue weighted by Gasteiger charge is 2.32. The highest BCUT2D eigenvalue weighted by atomic mass is 16.5. The summed E-state index contributed by atoms with van der Waals surface area (Å²) >= 11 is 0. The van der Waals surface area contributed by atoms with Gasteiger partial charge in [0.15, 0.2) is 28.4 Å². The molecule has 0 amide bonds. The van der Waals surface area contributed by atoms with Crippen LogP contribution in [0.2, 0.25) is 0 Å². The van der Waals surface area contributed by atoms with Crippen LogP contribution in [-0.2, 0) is 9.53 Å². The van der Waals surface area contributed by atoms with Gasteiger partial charge < -0.3 is 39.1 Å². The predicted octanol–water partition coefficient (Wildman–Crippen LogP) is 3.99. The Labute approximate surface area is 210 Å². The summed E-state index contributed by atoms with van der Waals surface area (Å²) in [6.07, 6.45) is -0.389. The fraction of sp³-hybridized carbons (Fsp3) is 0.185. The number of phenols is 4. The van der Waals surface area contributed by atoms with Gasteiger partial charge in [0.05, 0.1) is 27.8 Å². The van der Waals surface area contributed by atoms with Gasteiger partial charge in [-0.05, 0) is 17.7 Å². The highest BCUT2D eigenvalue weighted by molar-refractivity contribution is 5.93. The first-order chi connectivity index (χ1) is 17.7. The van der Waals surface area contributed by atoms with E-state index in [2.05, 4.69) is 0 Å². The molecule has 1 atom stereocenters. The number of benzene rings is 3. The van der Waals surface area contributed by atoms with Crippen molar-refractivity contribution in [3.05, 3.63) is 69.9 Å². The van der Waals surface area contributed by atoms with E-state index in [9.17, 15) is 30.0 Å². The quantitative estimate of drug-likeness (QED) is 0.213. The van der Waals surface area contributed by atoms with Crippen LogP contribution in [0.15, 0.2) is 57.7 Å². The summed E-state index contributed by atoms with van der Waals surface area (Å²) in [6.45, 7) is 0. The number of hydrogen-bond acceptors (Lipinski definition) is 10. The van der Waals surface area contributed by atoms with Crippen molar-refractivity contribution >= 4 is 16.9 Å². The van der Waals surface area contributed by atoms with Gasteiger partial charge in [0.25, 0.3) is 0 Å². The number of ether oxygens (including phenoxy) is 3. The average molecular weight is 508 g/mol.